The van der Waals surface area contributed by atoms with Crippen molar-refractivity contribution in [2.24, 2.45) is 0 Å². The third kappa shape index (κ3) is 7.25. The summed E-state index contributed by atoms with van der Waals surface area (Å²) < 4.78 is 2.31. The SMILES string of the molecule is CCCCCCCCCCCC[n+]1cccc(-c2cccnc2)c1. The molecule has 0 atom stereocenters. The van der Waals surface area contributed by atoms with Gasteiger partial charge in [-0.1, -0.05) is 64.4 Å². The molecule has 2 heteroatoms. The van der Waals surface area contributed by atoms with E-state index in [-0.39, 0.29) is 0 Å². The average Bonchev–Trinajstić information content (AvgIpc) is 2.64. The predicted molar refractivity (Wildman–Crippen MR) is 102 cm³/mol. The standard InChI is InChI=1S/C22H33N2/c1-2-3-4-5-6-7-8-9-10-11-17-24-18-13-15-22(20-24)21-14-12-16-23-19-21/h12-16,18-20H,2-11,17H2,1H3/q+1. The summed E-state index contributed by atoms with van der Waals surface area (Å²) in [5.41, 5.74) is 2.44. The van der Waals surface area contributed by atoms with Crippen LogP contribution in [0.3, 0.4) is 0 Å². The van der Waals surface area contributed by atoms with Gasteiger partial charge in [-0.05, 0) is 18.6 Å². The highest BCUT2D eigenvalue weighted by Gasteiger charge is 2.04. The quantitative estimate of drug-likeness (QED) is 0.348. The summed E-state index contributed by atoms with van der Waals surface area (Å²) in [6.45, 7) is 3.40. The minimum Gasteiger partial charge on any atom is -0.264 e. The Bertz CT molecular complexity index is 551. The van der Waals surface area contributed by atoms with Gasteiger partial charge in [-0.25, -0.2) is 4.57 Å². The van der Waals surface area contributed by atoms with Crippen LogP contribution in [-0.4, -0.2) is 4.98 Å². The van der Waals surface area contributed by atoms with Gasteiger partial charge < -0.3 is 0 Å². The first kappa shape index (κ1) is 18.6. The maximum absolute atomic E-state index is 4.21. The van der Waals surface area contributed by atoms with Crippen LogP contribution < -0.4 is 4.57 Å². The van der Waals surface area contributed by atoms with Gasteiger partial charge in [0.2, 0.25) is 0 Å². The van der Waals surface area contributed by atoms with Crippen LogP contribution in [0.4, 0.5) is 0 Å². The van der Waals surface area contributed by atoms with Crippen molar-refractivity contribution in [1.29, 1.82) is 0 Å². The van der Waals surface area contributed by atoms with E-state index in [0.29, 0.717) is 0 Å². The molecule has 130 valence electrons. The van der Waals surface area contributed by atoms with Gasteiger partial charge in [0.05, 0.1) is 0 Å². The predicted octanol–water partition coefficient (Wildman–Crippen LogP) is 5.96. The number of hydrogen-bond acceptors (Lipinski definition) is 1. The van der Waals surface area contributed by atoms with Crippen molar-refractivity contribution in [3.63, 3.8) is 0 Å². The average molecular weight is 326 g/mol. The molecule has 0 bridgehead atoms. The molecule has 0 aromatic carbocycles. The van der Waals surface area contributed by atoms with E-state index in [9.17, 15) is 0 Å². The Balaban J connectivity index is 1.60. The van der Waals surface area contributed by atoms with E-state index in [4.69, 9.17) is 0 Å². The molecule has 0 radical (unpaired) electrons. The molecule has 0 amide bonds. The largest absolute Gasteiger partial charge is 0.264 e. The molecule has 0 saturated heterocycles. The second-order valence-electron chi connectivity index (χ2n) is 6.75. The lowest BCUT2D eigenvalue weighted by molar-refractivity contribution is -0.696. The molecule has 0 unspecified atom stereocenters. The topological polar surface area (TPSA) is 16.8 Å². The maximum atomic E-state index is 4.21. The second kappa shape index (κ2) is 11.8. The van der Waals surface area contributed by atoms with Gasteiger partial charge in [0, 0.05) is 36.0 Å². The van der Waals surface area contributed by atoms with Gasteiger partial charge in [-0.2, -0.15) is 0 Å². The summed E-state index contributed by atoms with van der Waals surface area (Å²) in [6, 6.07) is 8.41. The number of rotatable bonds is 12. The van der Waals surface area contributed by atoms with Crippen molar-refractivity contribution >= 4 is 0 Å². The van der Waals surface area contributed by atoms with Gasteiger partial charge in [0.15, 0.2) is 12.4 Å². The summed E-state index contributed by atoms with van der Waals surface area (Å²) >= 11 is 0. The van der Waals surface area contributed by atoms with Crippen LogP contribution in [0.1, 0.15) is 71.1 Å². The molecule has 2 aromatic heterocycles. The fourth-order valence-corrected chi connectivity index (χ4v) is 3.15. The summed E-state index contributed by atoms with van der Waals surface area (Å²) in [7, 11) is 0. The molecule has 0 spiro atoms. The molecular formula is C22H33N2+. The highest BCUT2D eigenvalue weighted by molar-refractivity contribution is 5.59. The molecule has 0 saturated carbocycles. The lowest BCUT2D eigenvalue weighted by atomic mass is 10.1. The van der Waals surface area contributed by atoms with E-state index >= 15 is 0 Å². The lowest BCUT2D eigenvalue weighted by Gasteiger charge is -2.02. The Kier molecular flexibility index (Phi) is 9.15. The molecule has 0 aliphatic rings. The zero-order valence-corrected chi connectivity index (χ0v) is 15.3. The Morgan fingerprint density at radius 1 is 0.792 bits per heavy atom. The zero-order valence-electron chi connectivity index (χ0n) is 15.3. The van der Waals surface area contributed by atoms with Crippen LogP contribution in [0.25, 0.3) is 11.1 Å². The fraction of sp³-hybridized carbons (Fsp3) is 0.545. The van der Waals surface area contributed by atoms with Gasteiger partial charge in [-0.15, -0.1) is 0 Å². The summed E-state index contributed by atoms with van der Waals surface area (Å²) in [5, 5.41) is 0. The molecule has 0 fully saturated rings. The molecule has 0 N–H and O–H groups in total. The van der Waals surface area contributed by atoms with Gasteiger partial charge >= 0.3 is 0 Å². The molecule has 0 aliphatic heterocycles. The highest BCUT2D eigenvalue weighted by atomic mass is 14.9. The first-order valence-corrected chi connectivity index (χ1v) is 9.79. The fourth-order valence-electron chi connectivity index (χ4n) is 3.15. The van der Waals surface area contributed by atoms with Gasteiger partial charge in [0.1, 0.15) is 6.54 Å². The minimum absolute atomic E-state index is 1.12. The first-order valence-electron chi connectivity index (χ1n) is 9.79. The van der Waals surface area contributed by atoms with E-state index in [1.807, 2.05) is 18.5 Å². The Labute approximate surface area is 148 Å². The Hall–Kier alpha value is -1.70. The Morgan fingerprint density at radius 3 is 2.12 bits per heavy atom. The number of pyridine rings is 2. The van der Waals surface area contributed by atoms with Crippen molar-refractivity contribution in [1.82, 2.24) is 4.98 Å². The molecule has 2 heterocycles. The van der Waals surface area contributed by atoms with E-state index in [1.165, 1.54) is 75.3 Å². The zero-order chi connectivity index (χ0) is 16.9. The van der Waals surface area contributed by atoms with E-state index < -0.39 is 0 Å². The van der Waals surface area contributed by atoms with Crippen molar-refractivity contribution in [2.75, 3.05) is 0 Å². The Morgan fingerprint density at radius 2 is 1.46 bits per heavy atom. The third-order valence-corrected chi connectivity index (χ3v) is 4.62. The lowest BCUT2D eigenvalue weighted by Crippen LogP contribution is -2.32. The second-order valence-corrected chi connectivity index (χ2v) is 6.75. The molecule has 2 nitrogen and oxygen atoms in total. The van der Waals surface area contributed by atoms with E-state index in [1.54, 1.807) is 0 Å². The number of hydrogen-bond donors (Lipinski definition) is 0. The number of aromatic nitrogens is 2. The summed E-state index contributed by atoms with van der Waals surface area (Å²) in [6.07, 6.45) is 22.1. The van der Waals surface area contributed by atoms with Crippen molar-refractivity contribution in [3.05, 3.63) is 49.1 Å². The molecular weight excluding hydrogens is 292 g/mol. The van der Waals surface area contributed by atoms with Crippen LogP contribution in [0.2, 0.25) is 0 Å². The normalized spacial score (nSPS) is 10.9. The number of nitrogens with zero attached hydrogens (tertiary/aromatic N) is 2. The molecule has 2 rings (SSSR count). The van der Waals surface area contributed by atoms with Gasteiger partial charge in [-0.3, -0.25) is 4.98 Å². The monoisotopic (exact) mass is 325 g/mol. The number of aryl methyl sites for hydroxylation is 1. The highest BCUT2D eigenvalue weighted by Crippen LogP contribution is 2.15. The van der Waals surface area contributed by atoms with Crippen LogP contribution in [0, 0.1) is 0 Å². The number of unbranched alkanes of at least 4 members (excludes halogenated alkanes) is 9. The smallest absolute Gasteiger partial charge is 0.176 e. The summed E-state index contributed by atoms with van der Waals surface area (Å²) in [4.78, 5) is 4.21. The van der Waals surface area contributed by atoms with Crippen molar-refractivity contribution < 1.29 is 4.57 Å². The first-order chi connectivity index (χ1) is 11.9. The van der Waals surface area contributed by atoms with Crippen LogP contribution in [-0.2, 0) is 6.54 Å². The third-order valence-electron chi connectivity index (χ3n) is 4.62. The van der Waals surface area contributed by atoms with E-state index in [0.717, 1.165) is 6.54 Å². The molecule has 2 aromatic rings. The van der Waals surface area contributed by atoms with Crippen molar-refractivity contribution in [2.45, 2.75) is 77.7 Å². The van der Waals surface area contributed by atoms with Crippen LogP contribution in [0.15, 0.2) is 49.1 Å². The molecule has 24 heavy (non-hydrogen) atoms. The van der Waals surface area contributed by atoms with E-state index in [2.05, 4.69) is 47.1 Å². The maximum Gasteiger partial charge on any atom is 0.176 e. The van der Waals surface area contributed by atoms with Gasteiger partial charge in [0.25, 0.3) is 0 Å². The van der Waals surface area contributed by atoms with Crippen molar-refractivity contribution in [3.8, 4) is 11.1 Å². The van der Waals surface area contributed by atoms with Crippen LogP contribution in [0.5, 0.6) is 0 Å². The molecule has 0 aliphatic carbocycles. The summed E-state index contributed by atoms with van der Waals surface area (Å²) in [5.74, 6) is 0. The minimum atomic E-state index is 1.12. The van der Waals surface area contributed by atoms with Crippen LogP contribution >= 0.6 is 0 Å².